The van der Waals surface area contributed by atoms with Crippen LogP contribution in [0.5, 0.6) is 5.75 Å². The van der Waals surface area contributed by atoms with Gasteiger partial charge in [0.25, 0.3) is 0 Å². The number of oxime groups is 1. The normalized spacial score (nSPS) is 13.5. The van der Waals surface area contributed by atoms with Crippen molar-refractivity contribution in [3.05, 3.63) is 148 Å². The van der Waals surface area contributed by atoms with Crippen LogP contribution in [0.4, 0.5) is 5.13 Å². The van der Waals surface area contributed by atoms with Crippen molar-refractivity contribution in [1.82, 2.24) is 9.88 Å². The number of carbonyl (C=O) groups excluding carboxylic acids is 1. The van der Waals surface area contributed by atoms with E-state index in [1.54, 1.807) is 5.38 Å². The van der Waals surface area contributed by atoms with E-state index in [-0.39, 0.29) is 30.6 Å². The number of hydrogen-bond donors (Lipinski definition) is 2. The molecular formula is C43H46N4O6S. The minimum Gasteiger partial charge on any atom is -0.490 e. The van der Waals surface area contributed by atoms with Gasteiger partial charge in [0, 0.05) is 24.9 Å². The smallest absolute Gasteiger partial charge is 0.360 e. The van der Waals surface area contributed by atoms with Crippen molar-refractivity contribution < 1.29 is 29.0 Å². The molecule has 0 unspecified atom stereocenters. The van der Waals surface area contributed by atoms with Gasteiger partial charge in [-0.05, 0) is 80.1 Å². The summed E-state index contributed by atoms with van der Waals surface area (Å²) in [6, 6.07) is 36.4. The van der Waals surface area contributed by atoms with Crippen molar-refractivity contribution in [3.8, 4) is 5.75 Å². The van der Waals surface area contributed by atoms with Gasteiger partial charge in [0.2, 0.25) is 5.71 Å². The summed E-state index contributed by atoms with van der Waals surface area (Å²) in [5, 5.41) is 19.9. The van der Waals surface area contributed by atoms with E-state index in [9.17, 15) is 14.7 Å². The fraction of sp³-hybridized carbons (Fsp3) is 0.302. The number of thiazole rings is 1. The zero-order valence-corrected chi connectivity index (χ0v) is 31.7. The molecule has 280 valence electrons. The van der Waals surface area contributed by atoms with Gasteiger partial charge in [-0.2, -0.15) is 0 Å². The number of aromatic nitrogens is 1. The molecule has 6 rings (SSSR count). The number of nitrogens with one attached hydrogen (secondary N) is 1. The van der Waals surface area contributed by atoms with Gasteiger partial charge in [0.05, 0.1) is 0 Å². The number of carbonyl (C=O) groups is 2. The van der Waals surface area contributed by atoms with Gasteiger partial charge in [0.15, 0.2) is 11.7 Å². The Morgan fingerprint density at radius 1 is 0.870 bits per heavy atom. The maximum atomic E-state index is 12.3. The highest BCUT2D eigenvalue weighted by atomic mass is 32.1. The molecule has 0 amide bonds. The van der Waals surface area contributed by atoms with E-state index >= 15 is 0 Å². The molecule has 11 heteroatoms. The van der Waals surface area contributed by atoms with Crippen LogP contribution >= 0.6 is 11.3 Å². The minimum atomic E-state index is -1.25. The molecule has 1 aromatic heterocycles. The number of fused-ring (bicyclic) bond motifs is 1. The summed E-state index contributed by atoms with van der Waals surface area (Å²) in [6.45, 7) is 8.44. The SMILES string of the molecule is CC(C)(C)OC(=O)CCCN1CCc2cc(OCCO/N=C(\C(=O)O)c3csc(NC(c4ccccc4)(c4ccccc4)c4ccccc4)n3)ccc2C1. The molecule has 0 aliphatic carbocycles. The van der Waals surface area contributed by atoms with Crippen LogP contribution in [0.2, 0.25) is 0 Å². The molecule has 1 aliphatic rings. The Hall–Kier alpha value is -5.52. The Labute approximate surface area is 320 Å². The molecule has 0 saturated carbocycles. The van der Waals surface area contributed by atoms with E-state index in [0.29, 0.717) is 17.3 Å². The number of carboxylic acid groups (broad SMARTS) is 1. The predicted octanol–water partition coefficient (Wildman–Crippen LogP) is 7.91. The van der Waals surface area contributed by atoms with Crippen LogP contribution < -0.4 is 10.1 Å². The lowest BCUT2D eigenvalue weighted by molar-refractivity contribution is -0.155. The molecular weight excluding hydrogens is 701 g/mol. The van der Waals surface area contributed by atoms with E-state index in [4.69, 9.17) is 14.3 Å². The van der Waals surface area contributed by atoms with Crippen molar-refractivity contribution >= 4 is 34.1 Å². The van der Waals surface area contributed by atoms with E-state index in [0.717, 1.165) is 49.2 Å². The highest BCUT2D eigenvalue weighted by Crippen LogP contribution is 2.40. The third-order valence-corrected chi connectivity index (χ3v) is 9.77. The minimum absolute atomic E-state index is 0.0493. The Balaban J connectivity index is 1.06. The zero-order chi connectivity index (χ0) is 38.0. The first-order valence-electron chi connectivity index (χ1n) is 18.1. The summed E-state index contributed by atoms with van der Waals surface area (Å²) in [5.74, 6) is -0.692. The van der Waals surface area contributed by atoms with Gasteiger partial charge in [0.1, 0.15) is 29.2 Å². The Morgan fingerprint density at radius 2 is 1.50 bits per heavy atom. The van der Waals surface area contributed by atoms with Crippen LogP contribution in [0.25, 0.3) is 0 Å². The second kappa shape index (κ2) is 17.5. The van der Waals surface area contributed by atoms with Gasteiger partial charge in [-0.25, -0.2) is 9.78 Å². The molecule has 0 bridgehead atoms. The second-order valence-corrected chi connectivity index (χ2v) is 14.9. The number of esters is 1. The number of nitrogens with zero attached hydrogens (tertiary/aromatic N) is 3. The lowest BCUT2D eigenvalue weighted by Crippen LogP contribution is -2.38. The van der Waals surface area contributed by atoms with Crippen LogP contribution in [0.1, 0.15) is 67.1 Å². The first-order chi connectivity index (χ1) is 26.1. The second-order valence-electron chi connectivity index (χ2n) is 14.1. The van der Waals surface area contributed by atoms with E-state index < -0.39 is 17.1 Å². The average molecular weight is 747 g/mol. The lowest BCUT2D eigenvalue weighted by atomic mass is 9.77. The Morgan fingerprint density at radius 3 is 2.09 bits per heavy atom. The number of rotatable bonds is 16. The topological polar surface area (TPSA) is 123 Å². The third kappa shape index (κ3) is 9.71. The summed E-state index contributed by atoms with van der Waals surface area (Å²) < 4.78 is 11.4. The average Bonchev–Trinajstić information content (AvgIpc) is 3.63. The van der Waals surface area contributed by atoms with Gasteiger partial charge < -0.3 is 24.7 Å². The van der Waals surface area contributed by atoms with Crippen LogP contribution in [0, 0.1) is 0 Å². The van der Waals surface area contributed by atoms with E-state index in [2.05, 4.69) is 62.8 Å². The summed E-state index contributed by atoms with van der Waals surface area (Å²) in [4.78, 5) is 36.9. The number of hydrogen-bond acceptors (Lipinski definition) is 10. The molecule has 1 aliphatic heterocycles. The van der Waals surface area contributed by atoms with E-state index in [1.165, 1.54) is 22.5 Å². The first-order valence-corrected chi connectivity index (χ1v) is 19.0. The molecule has 0 spiro atoms. The summed E-state index contributed by atoms with van der Waals surface area (Å²) in [7, 11) is 0. The van der Waals surface area contributed by atoms with Gasteiger partial charge in [-0.1, -0.05) is 102 Å². The van der Waals surface area contributed by atoms with Crippen molar-refractivity contribution in [2.45, 2.75) is 57.7 Å². The first kappa shape index (κ1) is 38.2. The number of benzene rings is 4. The Kier molecular flexibility index (Phi) is 12.4. The number of carboxylic acids is 1. The molecule has 54 heavy (non-hydrogen) atoms. The summed E-state index contributed by atoms with van der Waals surface area (Å²) in [6.07, 6.45) is 2.05. The predicted molar refractivity (Wildman–Crippen MR) is 211 cm³/mol. The van der Waals surface area contributed by atoms with Crippen LogP contribution in [-0.4, -0.2) is 64.5 Å². The quantitative estimate of drug-likeness (QED) is 0.0341. The fourth-order valence-corrected chi connectivity index (χ4v) is 7.34. The molecule has 4 aromatic carbocycles. The monoisotopic (exact) mass is 746 g/mol. The van der Waals surface area contributed by atoms with Crippen molar-refractivity contribution in [3.63, 3.8) is 0 Å². The molecule has 0 atom stereocenters. The van der Waals surface area contributed by atoms with Crippen molar-refractivity contribution in [1.29, 1.82) is 0 Å². The largest absolute Gasteiger partial charge is 0.490 e. The lowest BCUT2D eigenvalue weighted by Gasteiger charge is -2.36. The standard InChI is InChI=1S/C43H46N4O6S/c1-42(2,3)53-38(48)20-13-24-47-25-23-31-28-36(22-21-32(31)29-47)51-26-27-52-46-39(40(49)50)37-30-54-41(44-37)45-43(33-14-7-4-8-15-33,34-16-9-5-10-17-34)35-18-11-6-12-19-35/h4-12,14-19,21-22,28,30H,13,20,23-27,29H2,1-3H3,(H,44,45)(H,49,50)/b46-39-. The maximum Gasteiger partial charge on any atom is 0.360 e. The van der Waals surface area contributed by atoms with Gasteiger partial charge in [-0.3, -0.25) is 9.69 Å². The highest BCUT2D eigenvalue weighted by molar-refractivity contribution is 7.14. The maximum absolute atomic E-state index is 12.3. The van der Waals surface area contributed by atoms with Gasteiger partial charge in [-0.15, -0.1) is 11.3 Å². The molecule has 0 saturated heterocycles. The molecule has 2 N–H and O–H groups in total. The van der Waals surface area contributed by atoms with Crippen molar-refractivity contribution in [2.24, 2.45) is 5.16 Å². The highest BCUT2D eigenvalue weighted by Gasteiger charge is 2.37. The summed E-state index contributed by atoms with van der Waals surface area (Å²) in [5.41, 5.74) is 4.09. The van der Waals surface area contributed by atoms with Gasteiger partial charge >= 0.3 is 11.9 Å². The van der Waals surface area contributed by atoms with Crippen LogP contribution in [-0.2, 0) is 37.7 Å². The number of ether oxygens (including phenoxy) is 2. The molecule has 2 heterocycles. The van der Waals surface area contributed by atoms with Crippen LogP contribution in [0.15, 0.2) is 120 Å². The fourth-order valence-electron chi connectivity index (χ4n) is 6.59. The van der Waals surface area contributed by atoms with Crippen LogP contribution in [0.3, 0.4) is 0 Å². The van der Waals surface area contributed by atoms with Crippen molar-refractivity contribution in [2.75, 3.05) is 31.6 Å². The molecule has 0 radical (unpaired) electrons. The molecule has 5 aromatic rings. The number of anilines is 1. The molecule has 10 nitrogen and oxygen atoms in total. The zero-order valence-electron chi connectivity index (χ0n) is 30.9. The van der Waals surface area contributed by atoms with E-state index in [1.807, 2.05) is 87.5 Å². The third-order valence-electron chi connectivity index (χ3n) is 9.01. The number of aliphatic carboxylic acids is 1. The summed E-state index contributed by atoms with van der Waals surface area (Å²) >= 11 is 1.30. The Bertz CT molecular complexity index is 1930. The molecule has 0 fully saturated rings.